The summed E-state index contributed by atoms with van der Waals surface area (Å²) in [4.78, 5) is 13.3. The lowest BCUT2D eigenvalue weighted by Gasteiger charge is -2.08. The van der Waals surface area contributed by atoms with E-state index in [9.17, 15) is 0 Å². The van der Waals surface area contributed by atoms with Crippen molar-refractivity contribution < 1.29 is 0 Å². The molecular weight excluding hydrogens is 364 g/mol. The lowest BCUT2D eigenvalue weighted by molar-refractivity contribution is 1.08. The first kappa shape index (κ1) is 15.5. The van der Waals surface area contributed by atoms with Gasteiger partial charge in [0, 0.05) is 33.4 Å². The number of thiophene rings is 1. The summed E-state index contributed by atoms with van der Waals surface area (Å²) in [6.07, 6.45) is 7.30. The highest BCUT2D eigenvalue weighted by Crippen LogP contribution is 2.35. The van der Waals surface area contributed by atoms with Crippen molar-refractivity contribution in [1.82, 2.24) is 19.5 Å². The molecule has 6 rings (SSSR count). The fraction of sp³-hybridized carbons (Fsp3) is 0. The first-order valence-electron chi connectivity index (χ1n) is 9.02. The van der Waals surface area contributed by atoms with Crippen molar-refractivity contribution in [3.05, 3.63) is 84.8 Å². The maximum absolute atomic E-state index is 4.61. The molecule has 4 heterocycles. The van der Waals surface area contributed by atoms with Crippen LogP contribution in [-0.2, 0) is 0 Å². The number of pyridine rings is 1. The molecule has 4 aromatic heterocycles. The maximum atomic E-state index is 4.61. The lowest BCUT2D eigenvalue weighted by Crippen LogP contribution is -1.97. The second-order valence-electron chi connectivity index (χ2n) is 6.68. The van der Waals surface area contributed by atoms with E-state index >= 15 is 0 Å². The monoisotopic (exact) mass is 378 g/mol. The molecule has 0 bridgehead atoms. The van der Waals surface area contributed by atoms with Gasteiger partial charge in [-0.2, -0.15) is 0 Å². The van der Waals surface area contributed by atoms with Gasteiger partial charge in [-0.05, 0) is 47.2 Å². The molecule has 0 unspecified atom stereocenters. The van der Waals surface area contributed by atoms with Gasteiger partial charge in [-0.1, -0.05) is 18.2 Å². The lowest BCUT2D eigenvalue weighted by atomic mass is 10.1. The summed E-state index contributed by atoms with van der Waals surface area (Å²) < 4.78 is 3.53. The number of hydrogen-bond donors (Lipinski definition) is 0. The fourth-order valence-corrected chi connectivity index (χ4v) is 4.59. The zero-order valence-electron chi connectivity index (χ0n) is 14.8. The van der Waals surface area contributed by atoms with E-state index in [4.69, 9.17) is 0 Å². The normalized spacial score (nSPS) is 11.6. The highest BCUT2D eigenvalue weighted by molar-refractivity contribution is 7.17. The number of para-hydroxylation sites is 1. The van der Waals surface area contributed by atoms with Crippen LogP contribution in [0.3, 0.4) is 0 Å². The maximum Gasteiger partial charge on any atom is 0.159 e. The highest BCUT2D eigenvalue weighted by atomic mass is 32.1. The molecule has 0 radical (unpaired) electrons. The molecule has 0 amide bonds. The summed E-state index contributed by atoms with van der Waals surface area (Å²) in [5.74, 6) is 0.701. The molecule has 0 N–H and O–H groups in total. The summed E-state index contributed by atoms with van der Waals surface area (Å²) in [6, 6.07) is 19.1. The van der Waals surface area contributed by atoms with E-state index in [-0.39, 0.29) is 0 Å². The molecule has 0 aliphatic heterocycles. The van der Waals surface area contributed by atoms with Crippen molar-refractivity contribution in [2.75, 3.05) is 0 Å². The van der Waals surface area contributed by atoms with Crippen molar-refractivity contribution in [2.45, 2.75) is 0 Å². The summed E-state index contributed by atoms with van der Waals surface area (Å²) in [7, 11) is 0. The van der Waals surface area contributed by atoms with Gasteiger partial charge in [0.1, 0.15) is 0 Å². The van der Waals surface area contributed by atoms with Crippen LogP contribution in [0.15, 0.2) is 84.8 Å². The van der Waals surface area contributed by atoms with Crippen molar-refractivity contribution in [3.63, 3.8) is 0 Å². The van der Waals surface area contributed by atoms with E-state index in [1.165, 1.54) is 26.4 Å². The number of fused-ring (bicyclic) bond motifs is 4. The van der Waals surface area contributed by atoms with Crippen molar-refractivity contribution >= 4 is 43.2 Å². The van der Waals surface area contributed by atoms with E-state index in [1.54, 1.807) is 23.7 Å². The van der Waals surface area contributed by atoms with Crippen LogP contribution in [0, 0.1) is 0 Å². The Hall–Kier alpha value is -3.57. The molecule has 4 nitrogen and oxygen atoms in total. The van der Waals surface area contributed by atoms with Gasteiger partial charge in [0.05, 0.1) is 29.1 Å². The predicted molar refractivity (Wildman–Crippen MR) is 115 cm³/mol. The van der Waals surface area contributed by atoms with Gasteiger partial charge in [0.15, 0.2) is 5.82 Å². The van der Waals surface area contributed by atoms with Crippen LogP contribution in [0.5, 0.6) is 0 Å². The number of rotatable bonds is 2. The van der Waals surface area contributed by atoms with Crippen LogP contribution in [0.2, 0.25) is 0 Å². The van der Waals surface area contributed by atoms with Gasteiger partial charge in [-0.15, -0.1) is 11.3 Å². The van der Waals surface area contributed by atoms with Crippen LogP contribution >= 0.6 is 11.3 Å². The first-order valence-corrected chi connectivity index (χ1v) is 9.90. The second-order valence-corrected chi connectivity index (χ2v) is 7.63. The summed E-state index contributed by atoms with van der Waals surface area (Å²) in [5, 5.41) is 5.91. The third-order valence-corrected chi connectivity index (χ3v) is 5.96. The van der Waals surface area contributed by atoms with Crippen LogP contribution < -0.4 is 0 Å². The third-order valence-electron chi connectivity index (χ3n) is 5.08. The van der Waals surface area contributed by atoms with Gasteiger partial charge < -0.3 is 4.57 Å². The number of benzene rings is 2. The first-order chi connectivity index (χ1) is 13.9. The molecule has 0 aliphatic carbocycles. The molecule has 0 spiro atoms. The number of aromatic nitrogens is 4. The van der Waals surface area contributed by atoms with Gasteiger partial charge in [0.2, 0.25) is 0 Å². The molecule has 28 heavy (non-hydrogen) atoms. The van der Waals surface area contributed by atoms with Crippen LogP contribution in [0.1, 0.15) is 0 Å². The van der Waals surface area contributed by atoms with Crippen molar-refractivity contribution in [1.29, 1.82) is 0 Å². The van der Waals surface area contributed by atoms with E-state index in [0.29, 0.717) is 5.82 Å². The molecule has 2 aromatic carbocycles. The fourth-order valence-electron chi connectivity index (χ4n) is 3.79. The zero-order chi connectivity index (χ0) is 18.5. The van der Waals surface area contributed by atoms with E-state index in [1.807, 2.05) is 24.5 Å². The summed E-state index contributed by atoms with van der Waals surface area (Å²) >= 11 is 1.77. The largest absolute Gasteiger partial charge is 0.306 e. The summed E-state index contributed by atoms with van der Waals surface area (Å²) in [6.45, 7) is 0. The Morgan fingerprint density at radius 1 is 0.786 bits per heavy atom. The Morgan fingerprint density at radius 3 is 2.46 bits per heavy atom. The van der Waals surface area contributed by atoms with Gasteiger partial charge in [0.25, 0.3) is 0 Å². The Labute approximate surface area is 164 Å². The average Bonchev–Trinajstić information content (AvgIpc) is 3.35. The second kappa shape index (κ2) is 5.97. The smallest absolute Gasteiger partial charge is 0.159 e. The van der Waals surface area contributed by atoms with Crippen LogP contribution in [0.25, 0.3) is 49.0 Å². The summed E-state index contributed by atoms with van der Waals surface area (Å²) in [5.41, 5.74) is 4.26. The predicted octanol–water partition coefficient (Wildman–Crippen LogP) is 5.85. The molecule has 0 atom stereocenters. The minimum atomic E-state index is 0.701. The van der Waals surface area contributed by atoms with Crippen molar-refractivity contribution in [3.8, 4) is 17.1 Å². The van der Waals surface area contributed by atoms with E-state index < -0.39 is 0 Å². The molecule has 0 saturated heterocycles. The van der Waals surface area contributed by atoms with Gasteiger partial charge in [-0.25, -0.2) is 9.97 Å². The van der Waals surface area contributed by atoms with Crippen LogP contribution in [-0.4, -0.2) is 19.5 Å². The number of nitrogens with zero attached hydrogens (tertiary/aromatic N) is 4. The van der Waals surface area contributed by atoms with E-state index in [0.717, 1.165) is 16.8 Å². The highest BCUT2D eigenvalue weighted by Gasteiger charge is 2.14. The Kier molecular flexibility index (Phi) is 3.30. The quantitative estimate of drug-likeness (QED) is 0.379. The molecule has 0 aliphatic rings. The zero-order valence-corrected chi connectivity index (χ0v) is 15.6. The SMILES string of the molecule is c1ccc2c(c1)c1cc3ccsc3cc1n2-c1cnc(-c2ccncc2)nc1. The molecule has 5 heteroatoms. The Morgan fingerprint density at radius 2 is 1.61 bits per heavy atom. The number of hydrogen-bond acceptors (Lipinski definition) is 4. The van der Waals surface area contributed by atoms with Gasteiger partial charge in [-0.3, -0.25) is 4.98 Å². The molecule has 6 aromatic rings. The average molecular weight is 378 g/mol. The molecule has 0 saturated carbocycles. The third kappa shape index (κ3) is 2.27. The Balaban J connectivity index is 1.62. The van der Waals surface area contributed by atoms with Crippen molar-refractivity contribution in [2.24, 2.45) is 0 Å². The van der Waals surface area contributed by atoms with E-state index in [2.05, 4.69) is 67.4 Å². The Bertz CT molecular complexity index is 1450. The minimum Gasteiger partial charge on any atom is -0.306 e. The molecular formula is C23H14N4S. The van der Waals surface area contributed by atoms with Crippen LogP contribution in [0.4, 0.5) is 0 Å². The molecule has 0 fully saturated rings. The van der Waals surface area contributed by atoms with Gasteiger partial charge >= 0.3 is 0 Å². The minimum absolute atomic E-state index is 0.701. The topological polar surface area (TPSA) is 43.6 Å². The standard InChI is InChI=1S/C23H14N4S/c1-2-4-20-18(3-1)19-11-16-7-10-28-22(16)12-21(19)27(20)17-13-25-23(26-14-17)15-5-8-24-9-6-15/h1-14H. The molecule has 132 valence electrons.